The molecule has 1 fully saturated rings. The molecule has 1 amide bonds. The number of hydrogen-bond acceptors (Lipinski definition) is 4. The van der Waals surface area contributed by atoms with Crippen LogP contribution < -0.4 is 14.8 Å². The molecule has 4 rings (SSSR count). The van der Waals surface area contributed by atoms with E-state index in [0.29, 0.717) is 13.2 Å². The molecule has 1 saturated heterocycles. The van der Waals surface area contributed by atoms with E-state index in [1.807, 2.05) is 48.5 Å². The Hall–Kier alpha value is -3.31. The molecule has 0 spiro atoms. The minimum absolute atomic E-state index is 0.0834. The largest absolute Gasteiger partial charge is 0.497 e. The summed E-state index contributed by atoms with van der Waals surface area (Å²) >= 11 is 0. The molecule has 3 aromatic rings. The van der Waals surface area contributed by atoms with Crippen molar-refractivity contribution in [2.45, 2.75) is 32.5 Å². The molecule has 1 heterocycles. The van der Waals surface area contributed by atoms with Gasteiger partial charge >= 0.3 is 0 Å². The second-order valence-corrected chi connectivity index (χ2v) is 8.54. The van der Waals surface area contributed by atoms with E-state index in [0.717, 1.165) is 55.1 Å². The molecule has 0 aromatic heterocycles. The van der Waals surface area contributed by atoms with Crippen LogP contribution in [-0.2, 0) is 24.5 Å². The number of rotatable bonds is 9. The third kappa shape index (κ3) is 6.83. The van der Waals surface area contributed by atoms with Crippen molar-refractivity contribution in [1.29, 1.82) is 0 Å². The summed E-state index contributed by atoms with van der Waals surface area (Å²) in [6.45, 7) is 3.86. The number of ether oxygens (including phenoxy) is 2. The molecule has 0 unspecified atom stereocenters. The summed E-state index contributed by atoms with van der Waals surface area (Å²) < 4.78 is 11.1. The maximum Gasteiger partial charge on any atom is 0.223 e. The number of piperidine rings is 1. The van der Waals surface area contributed by atoms with E-state index in [1.54, 1.807) is 7.11 Å². The van der Waals surface area contributed by atoms with E-state index in [-0.39, 0.29) is 11.8 Å². The van der Waals surface area contributed by atoms with E-state index in [2.05, 4.69) is 40.5 Å². The Balaban J connectivity index is 1.20. The smallest absolute Gasteiger partial charge is 0.223 e. The molecule has 1 N–H and O–H groups in total. The van der Waals surface area contributed by atoms with Crippen molar-refractivity contribution in [2.75, 3.05) is 20.2 Å². The molecule has 3 aromatic carbocycles. The molecular formula is C28H32N2O3. The Morgan fingerprint density at radius 2 is 1.61 bits per heavy atom. The van der Waals surface area contributed by atoms with Gasteiger partial charge in [0.15, 0.2) is 0 Å². The number of nitrogens with zero attached hydrogens (tertiary/aromatic N) is 1. The van der Waals surface area contributed by atoms with Gasteiger partial charge in [0.2, 0.25) is 5.91 Å². The van der Waals surface area contributed by atoms with Gasteiger partial charge in [-0.3, -0.25) is 9.69 Å². The van der Waals surface area contributed by atoms with Crippen LogP contribution in [-0.4, -0.2) is 31.0 Å². The van der Waals surface area contributed by atoms with Crippen LogP contribution in [0.3, 0.4) is 0 Å². The fraction of sp³-hybridized carbons (Fsp3) is 0.321. The van der Waals surface area contributed by atoms with Gasteiger partial charge in [0, 0.05) is 19.0 Å². The lowest BCUT2D eigenvalue weighted by Gasteiger charge is -2.31. The first-order chi connectivity index (χ1) is 16.2. The minimum Gasteiger partial charge on any atom is -0.497 e. The fourth-order valence-electron chi connectivity index (χ4n) is 4.16. The molecule has 5 heteroatoms. The maximum absolute atomic E-state index is 12.6. The first-order valence-corrected chi connectivity index (χ1v) is 11.6. The summed E-state index contributed by atoms with van der Waals surface area (Å²) in [6.07, 6.45) is 1.78. The average Bonchev–Trinajstić information content (AvgIpc) is 2.87. The second kappa shape index (κ2) is 11.5. The van der Waals surface area contributed by atoms with Crippen molar-refractivity contribution in [3.8, 4) is 11.5 Å². The first-order valence-electron chi connectivity index (χ1n) is 11.6. The standard InChI is InChI=1S/C28H32N2O3/c1-32-26-12-10-22(11-13-26)19-29-28(31)25-14-16-30(17-15-25)20-24-8-5-9-27(18-24)33-21-23-6-3-2-4-7-23/h2-13,18,25H,14-17,19-21H2,1H3,(H,29,31). The molecule has 5 nitrogen and oxygen atoms in total. The summed E-state index contributed by atoms with van der Waals surface area (Å²) in [5.41, 5.74) is 3.48. The molecule has 1 aliphatic heterocycles. The van der Waals surface area contributed by atoms with Crippen molar-refractivity contribution in [3.05, 3.63) is 95.6 Å². The van der Waals surface area contributed by atoms with Crippen LogP contribution in [0.5, 0.6) is 11.5 Å². The topological polar surface area (TPSA) is 50.8 Å². The summed E-state index contributed by atoms with van der Waals surface area (Å²) in [6, 6.07) is 26.3. The lowest BCUT2D eigenvalue weighted by atomic mass is 9.95. The Morgan fingerprint density at radius 1 is 0.879 bits per heavy atom. The molecule has 0 radical (unpaired) electrons. The van der Waals surface area contributed by atoms with Gasteiger partial charge in [-0.2, -0.15) is 0 Å². The van der Waals surface area contributed by atoms with Crippen LogP contribution in [0, 0.1) is 5.92 Å². The van der Waals surface area contributed by atoms with Crippen LogP contribution >= 0.6 is 0 Å². The third-order valence-corrected chi connectivity index (χ3v) is 6.14. The van der Waals surface area contributed by atoms with Crippen molar-refractivity contribution in [2.24, 2.45) is 5.92 Å². The van der Waals surface area contributed by atoms with E-state index in [9.17, 15) is 4.79 Å². The quantitative estimate of drug-likeness (QED) is 0.515. The third-order valence-electron chi connectivity index (χ3n) is 6.14. The van der Waals surface area contributed by atoms with Gasteiger partial charge in [0.25, 0.3) is 0 Å². The number of likely N-dealkylation sites (tertiary alicyclic amines) is 1. The van der Waals surface area contributed by atoms with Crippen molar-refractivity contribution in [1.82, 2.24) is 10.2 Å². The molecule has 1 aliphatic rings. The maximum atomic E-state index is 12.6. The Kier molecular flexibility index (Phi) is 7.99. The van der Waals surface area contributed by atoms with Crippen LogP contribution in [0.2, 0.25) is 0 Å². The molecule has 172 valence electrons. The number of carbonyl (C=O) groups excluding carboxylic acids is 1. The van der Waals surface area contributed by atoms with Crippen molar-refractivity contribution in [3.63, 3.8) is 0 Å². The van der Waals surface area contributed by atoms with E-state index in [1.165, 1.54) is 5.56 Å². The summed E-state index contributed by atoms with van der Waals surface area (Å²) in [7, 11) is 1.65. The van der Waals surface area contributed by atoms with Gasteiger partial charge in [-0.25, -0.2) is 0 Å². The number of hydrogen-bond donors (Lipinski definition) is 1. The highest BCUT2D eigenvalue weighted by molar-refractivity contribution is 5.78. The summed E-state index contributed by atoms with van der Waals surface area (Å²) in [5, 5.41) is 3.09. The lowest BCUT2D eigenvalue weighted by Crippen LogP contribution is -2.40. The lowest BCUT2D eigenvalue weighted by molar-refractivity contribution is -0.126. The van der Waals surface area contributed by atoms with E-state index in [4.69, 9.17) is 9.47 Å². The predicted molar refractivity (Wildman–Crippen MR) is 130 cm³/mol. The van der Waals surface area contributed by atoms with Gasteiger partial charge in [-0.05, 0) is 66.9 Å². The summed E-state index contributed by atoms with van der Waals surface area (Å²) in [5.74, 6) is 1.96. The van der Waals surface area contributed by atoms with Crippen LogP contribution in [0.25, 0.3) is 0 Å². The number of carbonyl (C=O) groups is 1. The van der Waals surface area contributed by atoms with Crippen LogP contribution in [0.15, 0.2) is 78.9 Å². The molecule has 0 atom stereocenters. The molecule has 0 saturated carbocycles. The monoisotopic (exact) mass is 444 g/mol. The van der Waals surface area contributed by atoms with Gasteiger partial charge < -0.3 is 14.8 Å². The zero-order chi connectivity index (χ0) is 22.9. The first kappa shape index (κ1) is 22.9. The van der Waals surface area contributed by atoms with Crippen molar-refractivity contribution >= 4 is 5.91 Å². The average molecular weight is 445 g/mol. The van der Waals surface area contributed by atoms with Gasteiger partial charge in [-0.1, -0.05) is 54.6 Å². The summed E-state index contributed by atoms with van der Waals surface area (Å²) in [4.78, 5) is 15.0. The van der Waals surface area contributed by atoms with E-state index >= 15 is 0 Å². The molecule has 33 heavy (non-hydrogen) atoms. The highest BCUT2D eigenvalue weighted by atomic mass is 16.5. The Labute approximate surface area is 196 Å². The number of methoxy groups -OCH3 is 1. The zero-order valence-corrected chi connectivity index (χ0v) is 19.2. The van der Waals surface area contributed by atoms with E-state index < -0.39 is 0 Å². The zero-order valence-electron chi connectivity index (χ0n) is 19.2. The highest BCUT2D eigenvalue weighted by Gasteiger charge is 2.24. The van der Waals surface area contributed by atoms with Crippen LogP contribution in [0.4, 0.5) is 0 Å². The molecule has 0 bridgehead atoms. The normalized spacial score (nSPS) is 14.6. The van der Waals surface area contributed by atoms with Crippen molar-refractivity contribution < 1.29 is 14.3 Å². The fourth-order valence-corrected chi connectivity index (χ4v) is 4.16. The molecule has 0 aliphatic carbocycles. The second-order valence-electron chi connectivity index (χ2n) is 8.54. The highest BCUT2D eigenvalue weighted by Crippen LogP contribution is 2.22. The van der Waals surface area contributed by atoms with Gasteiger partial charge in [-0.15, -0.1) is 0 Å². The number of nitrogens with one attached hydrogen (secondary N) is 1. The Bertz CT molecular complexity index is 1010. The van der Waals surface area contributed by atoms with Crippen LogP contribution in [0.1, 0.15) is 29.5 Å². The van der Waals surface area contributed by atoms with Gasteiger partial charge in [0.05, 0.1) is 7.11 Å². The van der Waals surface area contributed by atoms with Gasteiger partial charge in [0.1, 0.15) is 18.1 Å². The molecular weight excluding hydrogens is 412 g/mol. The predicted octanol–water partition coefficient (Wildman–Crippen LogP) is 4.80. The minimum atomic E-state index is 0.0834. The number of amides is 1. The Morgan fingerprint density at radius 3 is 2.33 bits per heavy atom. The SMILES string of the molecule is COc1ccc(CNC(=O)C2CCN(Cc3cccc(OCc4ccccc4)c3)CC2)cc1. The number of benzene rings is 3.